The van der Waals surface area contributed by atoms with Crippen LogP contribution in [0.25, 0.3) is 0 Å². The lowest BCUT2D eigenvalue weighted by Gasteiger charge is -2.15. The lowest BCUT2D eigenvalue weighted by Crippen LogP contribution is -2.34. The van der Waals surface area contributed by atoms with Gasteiger partial charge >= 0.3 is 5.97 Å². The van der Waals surface area contributed by atoms with E-state index in [1.807, 2.05) is 18.2 Å². The molecule has 4 nitrogen and oxygen atoms in total. The van der Waals surface area contributed by atoms with E-state index in [1.165, 1.54) is 5.56 Å². The Morgan fingerprint density at radius 3 is 2.43 bits per heavy atom. The van der Waals surface area contributed by atoms with Gasteiger partial charge in [-0.15, -0.1) is 0 Å². The van der Waals surface area contributed by atoms with Crippen molar-refractivity contribution in [3.8, 4) is 0 Å². The molecule has 0 aliphatic heterocycles. The first kappa shape index (κ1) is 15.5. The van der Waals surface area contributed by atoms with Crippen molar-refractivity contribution in [3.05, 3.63) is 35.9 Å². The first-order valence-electron chi connectivity index (χ1n) is 7.66. The minimum Gasteiger partial charge on any atom is -0.481 e. The molecule has 21 heavy (non-hydrogen) atoms. The second-order valence-corrected chi connectivity index (χ2v) is 5.90. The number of carboxylic acid groups (broad SMARTS) is 1. The molecule has 2 rings (SSSR count). The number of unbranched alkanes of at least 4 members (excludes halogenated alkanes) is 2. The average molecular weight is 289 g/mol. The fourth-order valence-electron chi connectivity index (χ4n) is 2.59. The smallest absolute Gasteiger partial charge is 0.303 e. The van der Waals surface area contributed by atoms with Gasteiger partial charge in [-0.1, -0.05) is 36.8 Å². The normalized spacial score (nSPS) is 15.4. The number of carbonyl (C=O) groups excluding carboxylic acids is 1. The van der Waals surface area contributed by atoms with Crippen LogP contribution in [0.15, 0.2) is 30.3 Å². The van der Waals surface area contributed by atoms with Gasteiger partial charge in [0, 0.05) is 13.0 Å². The SMILES string of the molecule is O=C(O)CCCCCNC(=O)C1(Cc2ccccc2)CC1. The van der Waals surface area contributed by atoms with E-state index in [9.17, 15) is 9.59 Å². The van der Waals surface area contributed by atoms with Crippen LogP contribution in [0.3, 0.4) is 0 Å². The van der Waals surface area contributed by atoms with Crippen LogP contribution in [0.1, 0.15) is 44.1 Å². The molecule has 4 heteroatoms. The zero-order valence-corrected chi connectivity index (χ0v) is 12.3. The molecule has 114 valence electrons. The summed E-state index contributed by atoms with van der Waals surface area (Å²) in [6, 6.07) is 10.1. The largest absolute Gasteiger partial charge is 0.481 e. The number of nitrogens with one attached hydrogen (secondary N) is 1. The van der Waals surface area contributed by atoms with Crippen molar-refractivity contribution >= 4 is 11.9 Å². The average Bonchev–Trinajstić information content (AvgIpc) is 3.24. The van der Waals surface area contributed by atoms with Gasteiger partial charge < -0.3 is 10.4 Å². The Kier molecular flexibility index (Phi) is 5.37. The van der Waals surface area contributed by atoms with Crippen LogP contribution in [0.4, 0.5) is 0 Å². The Bertz CT molecular complexity index is 480. The molecule has 0 radical (unpaired) electrons. The fraction of sp³-hybridized carbons (Fsp3) is 0.529. The van der Waals surface area contributed by atoms with Gasteiger partial charge in [0.05, 0.1) is 5.41 Å². The molecule has 1 aromatic rings. The van der Waals surface area contributed by atoms with E-state index in [-0.39, 0.29) is 17.7 Å². The quantitative estimate of drug-likeness (QED) is 0.687. The number of hydrogen-bond acceptors (Lipinski definition) is 2. The van der Waals surface area contributed by atoms with Crippen molar-refractivity contribution < 1.29 is 14.7 Å². The number of rotatable bonds is 9. The van der Waals surface area contributed by atoms with Crippen molar-refractivity contribution in [2.45, 2.75) is 44.9 Å². The van der Waals surface area contributed by atoms with Gasteiger partial charge in [-0.05, 0) is 37.7 Å². The predicted octanol–water partition coefficient (Wildman–Crippen LogP) is 2.77. The third kappa shape index (κ3) is 4.88. The summed E-state index contributed by atoms with van der Waals surface area (Å²) in [4.78, 5) is 22.7. The number of hydrogen-bond donors (Lipinski definition) is 2. The molecule has 0 aromatic heterocycles. The Balaban J connectivity index is 1.67. The molecule has 2 N–H and O–H groups in total. The van der Waals surface area contributed by atoms with Crippen molar-refractivity contribution in [3.63, 3.8) is 0 Å². The number of carboxylic acids is 1. The second-order valence-electron chi connectivity index (χ2n) is 5.90. The Labute approximate surface area is 125 Å². The Hall–Kier alpha value is -1.84. The van der Waals surface area contributed by atoms with E-state index < -0.39 is 5.97 Å². The maximum Gasteiger partial charge on any atom is 0.303 e. The lowest BCUT2D eigenvalue weighted by atomic mass is 9.95. The summed E-state index contributed by atoms with van der Waals surface area (Å²) in [7, 11) is 0. The Morgan fingerprint density at radius 2 is 1.81 bits per heavy atom. The maximum atomic E-state index is 12.3. The second kappa shape index (κ2) is 7.25. The highest BCUT2D eigenvalue weighted by atomic mass is 16.4. The van der Waals surface area contributed by atoms with Crippen LogP contribution < -0.4 is 5.32 Å². The molecule has 1 aliphatic rings. The summed E-state index contributed by atoms with van der Waals surface area (Å²) in [5, 5.41) is 11.6. The third-order valence-corrected chi connectivity index (χ3v) is 4.07. The summed E-state index contributed by atoms with van der Waals surface area (Å²) in [5.41, 5.74) is 1.02. The van der Waals surface area contributed by atoms with E-state index in [0.29, 0.717) is 13.0 Å². The van der Waals surface area contributed by atoms with Gasteiger partial charge in [-0.25, -0.2) is 0 Å². The number of aliphatic carboxylic acids is 1. The number of amides is 1. The van der Waals surface area contributed by atoms with Crippen LogP contribution in [-0.4, -0.2) is 23.5 Å². The molecule has 0 bridgehead atoms. The number of carbonyl (C=O) groups is 2. The highest BCUT2D eigenvalue weighted by Crippen LogP contribution is 2.48. The minimum absolute atomic E-state index is 0.157. The topological polar surface area (TPSA) is 66.4 Å². The Morgan fingerprint density at radius 1 is 1.10 bits per heavy atom. The van der Waals surface area contributed by atoms with Crippen LogP contribution in [0, 0.1) is 5.41 Å². The monoisotopic (exact) mass is 289 g/mol. The highest BCUT2D eigenvalue weighted by Gasteiger charge is 2.49. The van der Waals surface area contributed by atoms with Crippen molar-refractivity contribution in [1.82, 2.24) is 5.32 Å². The fourth-order valence-corrected chi connectivity index (χ4v) is 2.59. The predicted molar refractivity (Wildman–Crippen MR) is 80.9 cm³/mol. The first-order chi connectivity index (χ1) is 10.1. The summed E-state index contributed by atoms with van der Waals surface area (Å²) in [6.45, 7) is 0.648. The molecular formula is C17H23NO3. The van der Waals surface area contributed by atoms with Gasteiger partial charge in [0.15, 0.2) is 0 Å². The molecule has 1 fully saturated rings. The molecule has 1 saturated carbocycles. The van der Waals surface area contributed by atoms with E-state index >= 15 is 0 Å². The number of benzene rings is 1. The molecule has 0 heterocycles. The van der Waals surface area contributed by atoms with E-state index in [2.05, 4.69) is 17.4 Å². The summed E-state index contributed by atoms with van der Waals surface area (Å²) >= 11 is 0. The van der Waals surface area contributed by atoms with Gasteiger partial charge in [0.25, 0.3) is 0 Å². The zero-order valence-electron chi connectivity index (χ0n) is 12.3. The molecule has 0 unspecified atom stereocenters. The first-order valence-corrected chi connectivity index (χ1v) is 7.66. The van der Waals surface area contributed by atoms with Crippen molar-refractivity contribution in [1.29, 1.82) is 0 Å². The van der Waals surface area contributed by atoms with Gasteiger partial charge in [0.2, 0.25) is 5.91 Å². The van der Waals surface area contributed by atoms with Gasteiger partial charge in [0.1, 0.15) is 0 Å². The van der Waals surface area contributed by atoms with Crippen molar-refractivity contribution in [2.75, 3.05) is 6.54 Å². The molecular weight excluding hydrogens is 266 g/mol. The molecule has 1 aromatic carbocycles. The summed E-state index contributed by atoms with van der Waals surface area (Å²) in [6.07, 6.45) is 5.34. The standard InChI is InChI=1S/C17H23NO3/c19-15(20)9-5-2-6-12-18-16(21)17(10-11-17)13-14-7-3-1-4-8-14/h1,3-4,7-8H,2,5-6,9-13H2,(H,18,21)(H,19,20). The van der Waals surface area contributed by atoms with Crippen LogP contribution in [0.2, 0.25) is 0 Å². The van der Waals surface area contributed by atoms with Gasteiger partial charge in [-0.2, -0.15) is 0 Å². The van der Waals surface area contributed by atoms with Crippen molar-refractivity contribution in [2.24, 2.45) is 5.41 Å². The summed E-state index contributed by atoms with van der Waals surface area (Å²) in [5.74, 6) is -0.594. The van der Waals surface area contributed by atoms with E-state index in [4.69, 9.17) is 5.11 Å². The molecule has 1 aliphatic carbocycles. The minimum atomic E-state index is -0.751. The molecule has 0 atom stereocenters. The van der Waals surface area contributed by atoms with E-state index in [1.54, 1.807) is 0 Å². The van der Waals surface area contributed by atoms with Gasteiger partial charge in [-0.3, -0.25) is 9.59 Å². The van der Waals surface area contributed by atoms with E-state index in [0.717, 1.165) is 32.1 Å². The molecule has 0 saturated heterocycles. The third-order valence-electron chi connectivity index (χ3n) is 4.07. The lowest BCUT2D eigenvalue weighted by molar-refractivity contribution is -0.137. The highest BCUT2D eigenvalue weighted by molar-refractivity contribution is 5.85. The molecule has 1 amide bonds. The zero-order chi connectivity index (χ0) is 15.1. The summed E-state index contributed by atoms with van der Waals surface area (Å²) < 4.78 is 0. The van der Waals surface area contributed by atoms with Crippen LogP contribution in [0.5, 0.6) is 0 Å². The maximum absolute atomic E-state index is 12.3. The van der Waals surface area contributed by atoms with Crippen LogP contribution >= 0.6 is 0 Å². The van der Waals surface area contributed by atoms with Crippen LogP contribution in [-0.2, 0) is 16.0 Å². The molecule has 0 spiro atoms.